The van der Waals surface area contributed by atoms with Crippen LogP contribution in [0.3, 0.4) is 0 Å². The van der Waals surface area contributed by atoms with Crippen molar-refractivity contribution >= 4 is 28.3 Å². The zero-order chi connectivity index (χ0) is 19.2. The molecule has 144 valence electrons. The summed E-state index contributed by atoms with van der Waals surface area (Å²) in [6.45, 7) is 12.0. The van der Waals surface area contributed by atoms with E-state index < -0.39 is 0 Å². The van der Waals surface area contributed by atoms with Crippen molar-refractivity contribution in [1.82, 2.24) is 5.43 Å². The van der Waals surface area contributed by atoms with Gasteiger partial charge in [-0.3, -0.25) is 5.43 Å². The third kappa shape index (κ3) is 3.00. The Kier molecular flexibility index (Phi) is 4.61. The molecule has 2 aliphatic carbocycles. The van der Waals surface area contributed by atoms with Crippen LogP contribution in [-0.2, 0) is 0 Å². The lowest BCUT2D eigenvalue weighted by Crippen LogP contribution is -2.33. The van der Waals surface area contributed by atoms with Crippen LogP contribution in [-0.4, -0.2) is 17.5 Å². The van der Waals surface area contributed by atoms with Crippen LogP contribution in [0.15, 0.2) is 39.3 Å². The molecular formula is C22H29N3OS. The van der Waals surface area contributed by atoms with Crippen molar-refractivity contribution in [3.05, 3.63) is 34.7 Å². The summed E-state index contributed by atoms with van der Waals surface area (Å²) in [6, 6.07) is 8.15. The van der Waals surface area contributed by atoms with E-state index in [9.17, 15) is 0 Å². The van der Waals surface area contributed by atoms with Gasteiger partial charge < -0.3 is 4.74 Å². The van der Waals surface area contributed by atoms with Crippen molar-refractivity contribution in [3.63, 3.8) is 0 Å². The number of thioether (sulfide) groups is 1. The van der Waals surface area contributed by atoms with Crippen LogP contribution < -0.4 is 10.2 Å². The van der Waals surface area contributed by atoms with Gasteiger partial charge in [-0.05, 0) is 68.7 Å². The second kappa shape index (κ2) is 6.69. The molecule has 2 fully saturated rings. The number of benzene rings is 1. The topological polar surface area (TPSA) is 46.0 Å². The first-order chi connectivity index (χ1) is 12.8. The molecule has 0 aromatic heterocycles. The summed E-state index contributed by atoms with van der Waals surface area (Å²) in [5.74, 6) is 1.66. The quantitative estimate of drug-likeness (QED) is 0.731. The number of fused-ring (bicyclic) bond motifs is 2. The molecule has 5 heteroatoms. The molecule has 1 aromatic rings. The summed E-state index contributed by atoms with van der Waals surface area (Å²) in [6.07, 6.45) is 3.71. The number of aliphatic imine (C=N–C) groups is 1. The van der Waals surface area contributed by atoms with Crippen LogP contribution in [0.25, 0.3) is 5.70 Å². The number of hydrogen-bond donors (Lipinski definition) is 1. The zero-order valence-electron chi connectivity index (χ0n) is 16.9. The molecule has 2 bridgehead atoms. The van der Waals surface area contributed by atoms with Gasteiger partial charge >= 0.3 is 0 Å². The van der Waals surface area contributed by atoms with Gasteiger partial charge in [0, 0.05) is 21.6 Å². The summed E-state index contributed by atoms with van der Waals surface area (Å²) in [4.78, 5) is 6.21. The van der Waals surface area contributed by atoms with E-state index in [0.29, 0.717) is 12.0 Å². The fourth-order valence-electron chi connectivity index (χ4n) is 4.81. The summed E-state index contributed by atoms with van der Waals surface area (Å²) in [5, 5.41) is 5.41. The van der Waals surface area contributed by atoms with Crippen LogP contribution in [0.2, 0.25) is 0 Å². The van der Waals surface area contributed by atoms with Crippen molar-refractivity contribution in [3.8, 4) is 5.75 Å². The first kappa shape index (κ1) is 18.6. The highest BCUT2D eigenvalue weighted by atomic mass is 32.2. The third-order valence-electron chi connectivity index (χ3n) is 7.06. The number of rotatable bonds is 3. The molecule has 1 aliphatic heterocycles. The van der Waals surface area contributed by atoms with Crippen molar-refractivity contribution in [2.45, 2.75) is 53.9 Å². The second-order valence-corrected chi connectivity index (χ2v) is 9.73. The molecule has 2 atom stereocenters. The predicted molar refractivity (Wildman–Crippen MR) is 115 cm³/mol. The normalized spacial score (nSPS) is 30.5. The van der Waals surface area contributed by atoms with Crippen molar-refractivity contribution in [1.29, 1.82) is 0 Å². The fourth-order valence-corrected chi connectivity index (χ4v) is 5.59. The summed E-state index contributed by atoms with van der Waals surface area (Å²) in [7, 11) is 0. The highest BCUT2D eigenvalue weighted by Crippen LogP contribution is 2.64. The molecule has 3 aliphatic rings. The number of ether oxygens (including phenoxy) is 1. The lowest BCUT2D eigenvalue weighted by atomic mass is 9.70. The molecule has 4 rings (SSSR count). The van der Waals surface area contributed by atoms with E-state index in [4.69, 9.17) is 9.73 Å². The molecule has 2 unspecified atom stereocenters. The van der Waals surface area contributed by atoms with E-state index in [-0.39, 0.29) is 5.41 Å². The highest BCUT2D eigenvalue weighted by Gasteiger charge is 2.59. The Bertz CT molecular complexity index is 838. The lowest BCUT2D eigenvalue weighted by molar-refractivity contribution is 0.194. The van der Waals surface area contributed by atoms with Crippen molar-refractivity contribution in [2.24, 2.45) is 26.8 Å². The van der Waals surface area contributed by atoms with E-state index in [1.54, 1.807) is 11.8 Å². The Labute approximate surface area is 166 Å². The molecule has 4 nitrogen and oxygen atoms in total. The molecule has 0 amide bonds. The van der Waals surface area contributed by atoms with Gasteiger partial charge in [-0.25, -0.2) is 4.99 Å². The van der Waals surface area contributed by atoms with Crippen LogP contribution in [0.4, 0.5) is 0 Å². The predicted octanol–water partition coefficient (Wildman–Crippen LogP) is 5.67. The first-order valence-electron chi connectivity index (χ1n) is 9.89. The van der Waals surface area contributed by atoms with Gasteiger partial charge in [-0.1, -0.05) is 32.5 Å². The van der Waals surface area contributed by atoms with Gasteiger partial charge in [0.1, 0.15) is 5.75 Å². The number of allylic oxidation sites excluding steroid dienone is 1. The van der Waals surface area contributed by atoms with Crippen LogP contribution in [0, 0.1) is 16.7 Å². The second-order valence-electron chi connectivity index (χ2n) is 8.55. The van der Waals surface area contributed by atoms with Crippen LogP contribution >= 0.6 is 11.8 Å². The average molecular weight is 384 g/mol. The Morgan fingerprint density at radius 2 is 2.00 bits per heavy atom. The number of nitrogens with zero attached hydrogens (tertiary/aromatic N) is 2. The Morgan fingerprint density at radius 1 is 1.26 bits per heavy atom. The van der Waals surface area contributed by atoms with Gasteiger partial charge in [0.15, 0.2) is 0 Å². The summed E-state index contributed by atoms with van der Waals surface area (Å²) < 4.78 is 5.53. The molecule has 2 saturated carbocycles. The largest absolute Gasteiger partial charge is 0.494 e. The third-order valence-corrected chi connectivity index (χ3v) is 7.93. The van der Waals surface area contributed by atoms with E-state index >= 15 is 0 Å². The SMILES string of the molecule is CCOc1ccc(C2=C(C)SC(/N=C3/CC4CCC3(C)C4(C)C)=NN2)cc1. The lowest BCUT2D eigenvalue weighted by Gasteiger charge is -2.34. The highest BCUT2D eigenvalue weighted by molar-refractivity contribution is 8.17. The molecule has 1 aromatic carbocycles. The minimum Gasteiger partial charge on any atom is -0.494 e. The van der Waals surface area contributed by atoms with Crippen LogP contribution in [0.1, 0.15) is 59.4 Å². The van der Waals surface area contributed by atoms with Gasteiger partial charge in [0.25, 0.3) is 0 Å². The number of hydrogen-bond acceptors (Lipinski definition) is 5. The summed E-state index contributed by atoms with van der Waals surface area (Å²) in [5.41, 5.74) is 7.30. The smallest absolute Gasteiger partial charge is 0.211 e. The average Bonchev–Trinajstić information content (AvgIpc) is 2.97. The van der Waals surface area contributed by atoms with E-state index in [1.165, 1.54) is 23.5 Å². The molecule has 0 spiro atoms. The Balaban J connectivity index is 1.52. The first-order valence-corrected chi connectivity index (χ1v) is 10.7. The fraction of sp³-hybridized carbons (Fsp3) is 0.545. The van der Waals surface area contributed by atoms with Gasteiger partial charge in [0.05, 0.1) is 12.3 Å². The molecule has 0 saturated heterocycles. The van der Waals surface area contributed by atoms with Crippen molar-refractivity contribution < 1.29 is 4.74 Å². The van der Waals surface area contributed by atoms with Crippen molar-refractivity contribution in [2.75, 3.05) is 6.61 Å². The van der Waals surface area contributed by atoms with E-state index in [0.717, 1.165) is 34.5 Å². The Hall–Kier alpha value is -1.75. The maximum atomic E-state index is 5.53. The monoisotopic (exact) mass is 383 g/mol. The van der Waals surface area contributed by atoms with Gasteiger partial charge in [-0.15, -0.1) is 5.10 Å². The van der Waals surface area contributed by atoms with E-state index in [1.807, 2.05) is 19.1 Å². The number of nitrogens with one attached hydrogen (secondary N) is 1. The summed E-state index contributed by atoms with van der Waals surface area (Å²) >= 11 is 1.67. The number of hydrazone groups is 1. The van der Waals surface area contributed by atoms with E-state index in [2.05, 4.69) is 50.4 Å². The minimum atomic E-state index is 0.216. The molecule has 27 heavy (non-hydrogen) atoms. The standard InChI is InChI=1S/C22H29N3OS/c1-6-26-17-9-7-15(8-10-17)19-14(2)27-20(25-24-19)23-18-13-16-11-12-22(18,5)21(16,3)4/h7-10,16,24H,6,11-13H2,1-5H3/b23-18-. The molecular weight excluding hydrogens is 354 g/mol. The molecule has 1 heterocycles. The number of amidine groups is 1. The van der Waals surface area contributed by atoms with Gasteiger partial charge in [-0.2, -0.15) is 0 Å². The maximum Gasteiger partial charge on any atom is 0.211 e. The van der Waals surface area contributed by atoms with Gasteiger partial charge in [0.2, 0.25) is 5.17 Å². The molecule has 0 radical (unpaired) electrons. The minimum absolute atomic E-state index is 0.216. The maximum absolute atomic E-state index is 5.53. The zero-order valence-corrected chi connectivity index (χ0v) is 17.7. The van der Waals surface area contributed by atoms with Crippen LogP contribution in [0.5, 0.6) is 5.75 Å². The Morgan fingerprint density at radius 3 is 2.56 bits per heavy atom. The molecule has 1 N–H and O–H groups in total.